The summed E-state index contributed by atoms with van der Waals surface area (Å²) < 4.78 is 35.4. The number of nitrogens with zero attached hydrogens (tertiary/aromatic N) is 1. The van der Waals surface area contributed by atoms with Crippen LogP contribution in [0.5, 0.6) is 11.5 Å². The lowest BCUT2D eigenvalue weighted by Crippen LogP contribution is -2.40. The second-order valence-corrected chi connectivity index (χ2v) is 7.98. The Labute approximate surface area is 189 Å². The number of carbonyl (C=O) groups excluding carboxylic acids is 3. The highest BCUT2D eigenvalue weighted by atomic mass is 19.3. The first-order valence-electron chi connectivity index (χ1n) is 10.3. The molecule has 0 unspecified atom stereocenters. The van der Waals surface area contributed by atoms with Gasteiger partial charge in [0.2, 0.25) is 5.91 Å². The molecule has 0 atom stereocenters. The lowest BCUT2D eigenvalue weighted by atomic mass is 10.0. The summed E-state index contributed by atoms with van der Waals surface area (Å²) in [4.78, 5) is 37.6. The van der Waals surface area contributed by atoms with Gasteiger partial charge < -0.3 is 20.1 Å². The third kappa shape index (κ3) is 5.76. The van der Waals surface area contributed by atoms with Gasteiger partial charge in [0, 0.05) is 24.2 Å². The normalized spacial score (nSPS) is 14.9. The minimum Gasteiger partial charge on any atom is -0.497 e. The lowest BCUT2D eigenvalue weighted by Gasteiger charge is -2.16. The van der Waals surface area contributed by atoms with E-state index in [-0.39, 0.29) is 37.0 Å². The van der Waals surface area contributed by atoms with Gasteiger partial charge in [-0.1, -0.05) is 12.1 Å². The van der Waals surface area contributed by atoms with E-state index in [4.69, 9.17) is 4.74 Å². The fraction of sp³-hybridized carbons (Fsp3) is 0.348. The summed E-state index contributed by atoms with van der Waals surface area (Å²) in [5.41, 5.74) is 0.406. The summed E-state index contributed by atoms with van der Waals surface area (Å²) in [6.07, 6.45) is 0.337. The highest BCUT2D eigenvalue weighted by Crippen LogP contribution is 2.34. The van der Waals surface area contributed by atoms with Crippen LogP contribution in [0.2, 0.25) is 0 Å². The molecule has 1 heterocycles. The summed E-state index contributed by atoms with van der Waals surface area (Å²) in [6, 6.07) is 10.6. The third-order valence-corrected chi connectivity index (χ3v) is 5.11. The Kier molecular flexibility index (Phi) is 7.15. The highest BCUT2D eigenvalue weighted by molar-refractivity contribution is 6.06. The molecular weight excluding hydrogens is 436 g/mol. The number of benzene rings is 2. The number of hydrogen-bond donors (Lipinski definition) is 2. The quantitative estimate of drug-likeness (QED) is 0.550. The molecule has 1 saturated heterocycles. The number of urea groups is 1. The van der Waals surface area contributed by atoms with Crippen LogP contribution < -0.4 is 20.1 Å². The first-order chi connectivity index (χ1) is 15.6. The molecule has 1 fully saturated rings. The molecule has 2 aromatic rings. The first-order valence-corrected chi connectivity index (χ1v) is 10.3. The van der Waals surface area contributed by atoms with Gasteiger partial charge in [-0.2, -0.15) is 8.78 Å². The van der Waals surface area contributed by atoms with E-state index in [0.717, 1.165) is 4.90 Å². The van der Waals surface area contributed by atoms with Gasteiger partial charge in [0.05, 0.1) is 7.11 Å². The summed E-state index contributed by atoms with van der Waals surface area (Å²) in [7, 11) is 1.52. The molecule has 2 aromatic carbocycles. The molecule has 0 aliphatic carbocycles. The Balaban J connectivity index is 1.67. The molecule has 10 heteroatoms. The first kappa shape index (κ1) is 24.0. The fourth-order valence-corrected chi connectivity index (χ4v) is 3.44. The van der Waals surface area contributed by atoms with E-state index >= 15 is 0 Å². The molecule has 3 rings (SSSR count). The second-order valence-electron chi connectivity index (χ2n) is 7.98. The maximum atomic E-state index is 12.8. The van der Waals surface area contributed by atoms with Crippen LogP contribution in [0, 0.1) is 0 Å². The minimum absolute atomic E-state index is 0.0330. The number of carbonyl (C=O) groups is 3. The molecule has 0 saturated carbocycles. The van der Waals surface area contributed by atoms with Crippen molar-refractivity contribution >= 4 is 23.5 Å². The second kappa shape index (κ2) is 9.85. The summed E-state index contributed by atoms with van der Waals surface area (Å²) in [5, 5.41) is 5.29. The van der Waals surface area contributed by atoms with Crippen LogP contribution in [-0.4, -0.2) is 48.6 Å². The van der Waals surface area contributed by atoms with Gasteiger partial charge in [0.25, 0.3) is 5.91 Å². The molecule has 1 aliphatic heterocycles. The van der Waals surface area contributed by atoms with E-state index < -0.39 is 18.2 Å². The van der Waals surface area contributed by atoms with Gasteiger partial charge in [-0.25, -0.2) is 4.79 Å². The van der Waals surface area contributed by atoms with Crippen molar-refractivity contribution in [2.24, 2.45) is 0 Å². The molecule has 4 amide bonds. The predicted molar refractivity (Wildman–Crippen MR) is 117 cm³/mol. The van der Waals surface area contributed by atoms with Gasteiger partial charge in [0.1, 0.15) is 17.0 Å². The SMILES string of the molecule is COc1ccc(-c2cc(NC(=O)CCCN3C(=O)NC(C)(C)C3=O)ccc2OC(F)F)cc1. The summed E-state index contributed by atoms with van der Waals surface area (Å²) in [5.74, 6) is -0.112. The van der Waals surface area contributed by atoms with Crippen molar-refractivity contribution < 1.29 is 32.6 Å². The highest BCUT2D eigenvalue weighted by Gasteiger charge is 2.43. The number of nitrogens with one attached hydrogen (secondary N) is 2. The maximum Gasteiger partial charge on any atom is 0.387 e. The Morgan fingerprint density at radius 2 is 1.85 bits per heavy atom. The standard InChI is InChI=1S/C23H25F2N3O5/c1-23(2)20(30)28(22(31)27-23)12-4-5-19(29)26-15-8-11-18(33-21(24)25)17(13-15)14-6-9-16(32-3)10-7-14/h6-11,13,21H,4-5,12H2,1-3H3,(H,26,29)(H,27,31). The van der Waals surface area contributed by atoms with Crippen molar-refractivity contribution in [2.75, 3.05) is 19.0 Å². The van der Waals surface area contributed by atoms with E-state index in [0.29, 0.717) is 22.6 Å². The van der Waals surface area contributed by atoms with Crippen molar-refractivity contribution in [3.63, 3.8) is 0 Å². The molecule has 0 aromatic heterocycles. The van der Waals surface area contributed by atoms with Crippen molar-refractivity contribution in [1.82, 2.24) is 10.2 Å². The predicted octanol–water partition coefficient (Wildman–Crippen LogP) is 4.01. The number of methoxy groups -OCH3 is 1. The molecule has 0 radical (unpaired) electrons. The third-order valence-electron chi connectivity index (χ3n) is 5.11. The van der Waals surface area contributed by atoms with Crippen LogP contribution in [0.15, 0.2) is 42.5 Å². The Morgan fingerprint density at radius 1 is 1.15 bits per heavy atom. The molecule has 8 nitrogen and oxygen atoms in total. The van der Waals surface area contributed by atoms with Gasteiger partial charge in [-0.3, -0.25) is 14.5 Å². The number of anilines is 1. The smallest absolute Gasteiger partial charge is 0.387 e. The van der Waals surface area contributed by atoms with E-state index in [9.17, 15) is 23.2 Å². The largest absolute Gasteiger partial charge is 0.497 e. The number of imide groups is 1. The number of halogens is 2. The summed E-state index contributed by atoms with van der Waals surface area (Å²) >= 11 is 0. The van der Waals surface area contributed by atoms with Crippen LogP contribution in [0.25, 0.3) is 11.1 Å². The van der Waals surface area contributed by atoms with Crippen LogP contribution >= 0.6 is 0 Å². The van der Waals surface area contributed by atoms with Crippen LogP contribution in [0.4, 0.5) is 19.3 Å². The zero-order chi connectivity index (χ0) is 24.2. The van der Waals surface area contributed by atoms with Gasteiger partial charge in [0.15, 0.2) is 0 Å². The number of alkyl halides is 2. The van der Waals surface area contributed by atoms with E-state index in [1.807, 2.05) is 0 Å². The fourth-order valence-electron chi connectivity index (χ4n) is 3.44. The molecule has 0 bridgehead atoms. The zero-order valence-electron chi connectivity index (χ0n) is 18.5. The molecule has 2 N–H and O–H groups in total. The van der Waals surface area contributed by atoms with Crippen LogP contribution in [0.3, 0.4) is 0 Å². The van der Waals surface area contributed by atoms with Gasteiger partial charge in [-0.05, 0) is 56.2 Å². The Hall–Kier alpha value is -3.69. The molecule has 1 aliphatic rings. The molecule has 0 spiro atoms. The average molecular weight is 461 g/mol. The molecule has 176 valence electrons. The Bertz CT molecular complexity index is 1040. The number of rotatable bonds is 9. The van der Waals surface area contributed by atoms with Crippen molar-refractivity contribution in [1.29, 1.82) is 0 Å². The maximum absolute atomic E-state index is 12.8. The van der Waals surface area contributed by atoms with Crippen molar-refractivity contribution in [3.8, 4) is 22.6 Å². The van der Waals surface area contributed by atoms with Gasteiger partial charge >= 0.3 is 12.6 Å². The summed E-state index contributed by atoms with van der Waals surface area (Å²) in [6.45, 7) is 0.335. The van der Waals surface area contributed by atoms with E-state index in [2.05, 4.69) is 15.4 Å². The van der Waals surface area contributed by atoms with Gasteiger partial charge in [-0.15, -0.1) is 0 Å². The number of amides is 4. The van der Waals surface area contributed by atoms with Crippen molar-refractivity contribution in [2.45, 2.75) is 38.8 Å². The van der Waals surface area contributed by atoms with E-state index in [1.54, 1.807) is 38.1 Å². The van der Waals surface area contributed by atoms with Crippen LogP contribution in [-0.2, 0) is 9.59 Å². The lowest BCUT2D eigenvalue weighted by molar-refractivity contribution is -0.130. The number of ether oxygens (including phenoxy) is 2. The zero-order valence-corrected chi connectivity index (χ0v) is 18.5. The minimum atomic E-state index is -3.00. The Morgan fingerprint density at radius 3 is 2.42 bits per heavy atom. The topological polar surface area (TPSA) is 97.0 Å². The molecular formula is C23H25F2N3O5. The van der Waals surface area contributed by atoms with Crippen LogP contribution in [0.1, 0.15) is 26.7 Å². The van der Waals surface area contributed by atoms with Crippen molar-refractivity contribution in [3.05, 3.63) is 42.5 Å². The number of hydrogen-bond acceptors (Lipinski definition) is 5. The average Bonchev–Trinajstić information content (AvgIpc) is 2.96. The molecule has 33 heavy (non-hydrogen) atoms. The monoisotopic (exact) mass is 461 g/mol. The van der Waals surface area contributed by atoms with E-state index in [1.165, 1.54) is 25.3 Å².